The zero-order valence-corrected chi connectivity index (χ0v) is 12.2. The van der Waals surface area contributed by atoms with Gasteiger partial charge in [-0.25, -0.2) is 8.78 Å². The van der Waals surface area contributed by atoms with Crippen LogP contribution in [0.4, 0.5) is 8.78 Å². The molecule has 108 valence electrons. The maximum absolute atomic E-state index is 13.7. The SMILES string of the molecule is Cc1cc(C(O)Cc2c(Cl)c(C)nn2C)c(F)cc1F. The number of aliphatic hydroxyl groups excluding tert-OH is 1. The van der Waals surface area contributed by atoms with Crippen molar-refractivity contribution in [1.82, 2.24) is 9.78 Å². The van der Waals surface area contributed by atoms with Crippen molar-refractivity contribution >= 4 is 11.6 Å². The van der Waals surface area contributed by atoms with Crippen LogP contribution in [0.2, 0.25) is 5.02 Å². The molecule has 3 nitrogen and oxygen atoms in total. The van der Waals surface area contributed by atoms with E-state index in [-0.39, 0.29) is 17.5 Å². The number of benzene rings is 1. The summed E-state index contributed by atoms with van der Waals surface area (Å²) in [6.07, 6.45) is -1.00. The van der Waals surface area contributed by atoms with Gasteiger partial charge in [0.05, 0.1) is 22.5 Å². The van der Waals surface area contributed by atoms with Crippen LogP contribution in [0.3, 0.4) is 0 Å². The lowest BCUT2D eigenvalue weighted by Gasteiger charge is -2.13. The molecule has 1 atom stereocenters. The number of hydrogen-bond donors (Lipinski definition) is 1. The summed E-state index contributed by atoms with van der Waals surface area (Å²) in [5.41, 5.74) is 1.59. The van der Waals surface area contributed by atoms with Crippen LogP contribution in [-0.2, 0) is 13.5 Å². The van der Waals surface area contributed by atoms with Crippen LogP contribution in [0.25, 0.3) is 0 Å². The molecule has 1 aromatic carbocycles. The molecule has 0 aliphatic carbocycles. The first-order valence-electron chi connectivity index (χ1n) is 6.12. The van der Waals surface area contributed by atoms with Gasteiger partial charge in [-0.15, -0.1) is 0 Å². The Kier molecular flexibility index (Phi) is 4.11. The molecule has 1 unspecified atom stereocenters. The van der Waals surface area contributed by atoms with Gasteiger partial charge >= 0.3 is 0 Å². The molecule has 0 aliphatic heterocycles. The number of aryl methyl sites for hydroxylation is 3. The van der Waals surface area contributed by atoms with Gasteiger partial charge in [0, 0.05) is 25.1 Å². The lowest BCUT2D eigenvalue weighted by atomic mass is 10.0. The van der Waals surface area contributed by atoms with Crippen LogP contribution in [0.15, 0.2) is 12.1 Å². The van der Waals surface area contributed by atoms with Crippen molar-refractivity contribution < 1.29 is 13.9 Å². The summed E-state index contributed by atoms with van der Waals surface area (Å²) < 4.78 is 28.5. The van der Waals surface area contributed by atoms with Gasteiger partial charge in [0.2, 0.25) is 0 Å². The molecule has 20 heavy (non-hydrogen) atoms. The highest BCUT2D eigenvalue weighted by Gasteiger charge is 2.20. The van der Waals surface area contributed by atoms with E-state index in [0.717, 1.165) is 6.07 Å². The van der Waals surface area contributed by atoms with Crippen LogP contribution in [0.1, 0.15) is 28.6 Å². The fraction of sp³-hybridized carbons (Fsp3) is 0.357. The van der Waals surface area contributed by atoms with Crippen LogP contribution in [0, 0.1) is 25.5 Å². The molecule has 6 heteroatoms. The summed E-state index contributed by atoms with van der Waals surface area (Å²) in [5, 5.41) is 14.7. The number of aliphatic hydroxyl groups is 1. The van der Waals surface area contributed by atoms with Crippen LogP contribution in [0.5, 0.6) is 0 Å². The van der Waals surface area contributed by atoms with E-state index >= 15 is 0 Å². The highest BCUT2D eigenvalue weighted by molar-refractivity contribution is 6.31. The average Bonchev–Trinajstić information content (AvgIpc) is 2.60. The zero-order chi connectivity index (χ0) is 15.0. The first kappa shape index (κ1) is 14.9. The number of hydrogen-bond acceptors (Lipinski definition) is 2. The molecule has 0 radical (unpaired) electrons. The predicted octanol–water partition coefficient (Wildman–Crippen LogP) is 3.24. The lowest BCUT2D eigenvalue weighted by Crippen LogP contribution is -2.09. The molecule has 1 heterocycles. The third kappa shape index (κ3) is 2.69. The standard InChI is InChI=1S/C14H15ClF2N2O/c1-7-4-9(11(17)5-10(7)16)13(20)6-12-14(15)8(2)18-19(12)3/h4-5,13,20H,6H2,1-3H3. The molecule has 0 amide bonds. The average molecular weight is 301 g/mol. The summed E-state index contributed by atoms with van der Waals surface area (Å²) in [4.78, 5) is 0. The van der Waals surface area contributed by atoms with E-state index in [2.05, 4.69) is 5.10 Å². The van der Waals surface area contributed by atoms with E-state index < -0.39 is 17.7 Å². The lowest BCUT2D eigenvalue weighted by molar-refractivity contribution is 0.171. The summed E-state index contributed by atoms with van der Waals surface area (Å²) in [5.74, 6) is -1.40. The Morgan fingerprint density at radius 1 is 1.30 bits per heavy atom. The maximum atomic E-state index is 13.7. The van der Waals surface area contributed by atoms with E-state index in [0.29, 0.717) is 16.4 Å². The van der Waals surface area contributed by atoms with Gasteiger partial charge in [-0.05, 0) is 25.5 Å². The molecule has 2 rings (SSSR count). The van der Waals surface area contributed by atoms with E-state index in [1.807, 2.05) is 0 Å². The molecule has 0 bridgehead atoms. The van der Waals surface area contributed by atoms with E-state index in [1.165, 1.54) is 13.0 Å². The number of aromatic nitrogens is 2. The minimum absolute atomic E-state index is 0.0545. The Labute approximate surface area is 120 Å². The van der Waals surface area contributed by atoms with Crippen molar-refractivity contribution in [2.45, 2.75) is 26.4 Å². The molecule has 0 saturated carbocycles. The summed E-state index contributed by atoms with van der Waals surface area (Å²) in [6.45, 7) is 3.27. The summed E-state index contributed by atoms with van der Waals surface area (Å²) in [6, 6.07) is 2.09. The fourth-order valence-corrected chi connectivity index (χ4v) is 2.37. The summed E-state index contributed by atoms with van der Waals surface area (Å²) >= 11 is 6.09. The topological polar surface area (TPSA) is 38.1 Å². The number of rotatable bonds is 3. The largest absolute Gasteiger partial charge is 0.388 e. The van der Waals surface area contributed by atoms with E-state index in [1.54, 1.807) is 18.7 Å². The fourth-order valence-electron chi connectivity index (χ4n) is 2.13. The van der Waals surface area contributed by atoms with Gasteiger partial charge < -0.3 is 5.11 Å². The van der Waals surface area contributed by atoms with Gasteiger partial charge in [0.15, 0.2) is 0 Å². The highest BCUT2D eigenvalue weighted by atomic mass is 35.5. The number of nitrogens with zero attached hydrogens (tertiary/aromatic N) is 2. The second kappa shape index (κ2) is 5.50. The second-order valence-corrected chi connectivity index (χ2v) is 5.19. The van der Waals surface area contributed by atoms with E-state index in [4.69, 9.17) is 11.6 Å². The molecule has 2 aromatic rings. The third-order valence-electron chi connectivity index (χ3n) is 3.29. The Balaban J connectivity index is 2.33. The Morgan fingerprint density at radius 2 is 1.95 bits per heavy atom. The molecule has 0 saturated heterocycles. The van der Waals surface area contributed by atoms with E-state index in [9.17, 15) is 13.9 Å². The third-order valence-corrected chi connectivity index (χ3v) is 3.78. The Hall–Kier alpha value is -1.46. The minimum Gasteiger partial charge on any atom is -0.388 e. The smallest absolute Gasteiger partial charge is 0.131 e. The van der Waals surface area contributed by atoms with Crippen molar-refractivity contribution in [3.8, 4) is 0 Å². The molecule has 1 aromatic heterocycles. The maximum Gasteiger partial charge on any atom is 0.131 e. The van der Waals surface area contributed by atoms with Gasteiger partial charge in [0.25, 0.3) is 0 Å². The second-order valence-electron chi connectivity index (χ2n) is 4.81. The monoisotopic (exact) mass is 300 g/mol. The molecule has 0 fully saturated rings. The molecule has 0 aliphatic rings. The minimum atomic E-state index is -1.11. The molecular weight excluding hydrogens is 286 g/mol. The number of halogens is 3. The van der Waals surface area contributed by atoms with Gasteiger partial charge in [-0.2, -0.15) is 5.10 Å². The van der Waals surface area contributed by atoms with Crippen molar-refractivity contribution in [2.75, 3.05) is 0 Å². The van der Waals surface area contributed by atoms with Crippen molar-refractivity contribution in [1.29, 1.82) is 0 Å². The molecule has 0 spiro atoms. The van der Waals surface area contributed by atoms with Crippen molar-refractivity contribution in [3.63, 3.8) is 0 Å². The first-order valence-corrected chi connectivity index (χ1v) is 6.50. The van der Waals surface area contributed by atoms with Crippen LogP contribution >= 0.6 is 11.6 Å². The normalized spacial score (nSPS) is 12.8. The highest BCUT2D eigenvalue weighted by Crippen LogP contribution is 2.27. The summed E-state index contributed by atoms with van der Waals surface area (Å²) in [7, 11) is 1.70. The molecular formula is C14H15ClF2N2O. The van der Waals surface area contributed by atoms with Crippen LogP contribution < -0.4 is 0 Å². The van der Waals surface area contributed by atoms with Crippen molar-refractivity contribution in [2.24, 2.45) is 7.05 Å². The van der Waals surface area contributed by atoms with Gasteiger partial charge in [-0.3, -0.25) is 4.68 Å². The predicted molar refractivity (Wildman–Crippen MR) is 72.7 cm³/mol. The first-order chi connectivity index (χ1) is 9.31. The van der Waals surface area contributed by atoms with Gasteiger partial charge in [0.1, 0.15) is 11.6 Å². The molecule has 1 N–H and O–H groups in total. The van der Waals surface area contributed by atoms with Gasteiger partial charge in [-0.1, -0.05) is 11.6 Å². The quantitative estimate of drug-likeness (QED) is 0.945. The Morgan fingerprint density at radius 3 is 2.50 bits per heavy atom. The van der Waals surface area contributed by atoms with Crippen molar-refractivity contribution in [3.05, 3.63) is 51.3 Å². The Bertz CT molecular complexity index is 655. The zero-order valence-electron chi connectivity index (χ0n) is 11.4. The van der Waals surface area contributed by atoms with Crippen LogP contribution in [-0.4, -0.2) is 14.9 Å².